The molecule has 0 N–H and O–H groups in total. The van der Waals surface area contributed by atoms with Gasteiger partial charge in [0.1, 0.15) is 23.9 Å². The van der Waals surface area contributed by atoms with E-state index in [9.17, 15) is 4.39 Å². The van der Waals surface area contributed by atoms with Crippen LogP contribution < -0.4 is 4.74 Å². The number of hydrogen-bond donors (Lipinski definition) is 0. The van der Waals surface area contributed by atoms with Crippen molar-refractivity contribution in [2.75, 3.05) is 0 Å². The highest BCUT2D eigenvalue weighted by Gasteiger charge is 2.12. The van der Waals surface area contributed by atoms with E-state index in [4.69, 9.17) is 4.74 Å². The van der Waals surface area contributed by atoms with E-state index in [1.807, 2.05) is 11.4 Å². The average Bonchev–Trinajstić information content (AvgIpc) is 3.21. The molecule has 8 heteroatoms. The van der Waals surface area contributed by atoms with Crippen LogP contribution in [-0.4, -0.2) is 25.0 Å². The lowest BCUT2D eigenvalue weighted by molar-refractivity contribution is 0.305. The Morgan fingerprint density at radius 3 is 2.96 bits per heavy atom. The first-order chi connectivity index (χ1) is 11.7. The molecule has 4 heterocycles. The molecule has 0 bridgehead atoms. The first kappa shape index (κ1) is 14.7. The maximum Gasteiger partial charge on any atom is 0.141 e. The maximum absolute atomic E-state index is 13.5. The summed E-state index contributed by atoms with van der Waals surface area (Å²) in [6.07, 6.45) is 3.21. The monoisotopic (exact) mass is 341 g/mol. The van der Waals surface area contributed by atoms with Crippen LogP contribution in [0.2, 0.25) is 0 Å². The smallest absolute Gasteiger partial charge is 0.141 e. The fourth-order valence-electron chi connectivity index (χ4n) is 2.32. The molecule has 0 aliphatic carbocycles. The predicted molar refractivity (Wildman–Crippen MR) is 88.1 cm³/mol. The third kappa shape index (κ3) is 2.83. The molecule has 0 atom stereocenters. The van der Waals surface area contributed by atoms with Crippen LogP contribution in [0.25, 0.3) is 21.6 Å². The third-order valence-corrected chi connectivity index (χ3v) is 4.31. The molecule has 0 aliphatic rings. The molecule has 0 aromatic carbocycles. The van der Waals surface area contributed by atoms with Crippen molar-refractivity contribution in [2.24, 2.45) is 7.05 Å². The van der Waals surface area contributed by atoms with E-state index in [1.165, 1.54) is 29.7 Å². The summed E-state index contributed by atoms with van der Waals surface area (Å²) in [5.74, 6) is 0.316. The average molecular weight is 341 g/mol. The number of fused-ring (bicyclic) bond motifs is 1. The van der Waals surface area contributed by atoms with Crippen molar-refractivity contribution in [1.82, 2.24) is 25.0 Å². The summed E-state index contributed by atoms with van der Waals surface area (Å²) in [4.78, 5) is 8.72. The molecule has 6 nitrogen and oxygen atoms in total. The van der Waals surface area contributed by atoms with Gasteiger partial charge in [-0.15, -0.1) is 16.4 Å². The summed E-state index contributed by atoms with van der Waals surface area (Å²) in [7, 11) is 1.80. The fraction of sp³-hybridized carbons (Fsp3) is 0.125. The van der Waals surface area contributed by atoms with Gasteiger partial charge in [0.15, 0.2) is 0 Å². The summed E-state index contributed by atoms with van der Waals surface area (Å²) in [6, 6.07) is 6.33. The van der Waals surface area contributed by atoms with Crippen molar-refractivity contribution >= 4 is 21.6 Å². The molecule has 4 aromatic heterocycles. The normalized spacial score (nSPS) is 11.1. The number of nitrogens with zero attached hydrogens (tertiary/aromatic N) is 5. The van der Waals surface area contributed by atoms with Crippen LogP contribution in [0.4, 0.5) is 4.39 Å². The molecule has 0 amide bonds. The number of aromatic nitrogens is 5. The van der Waals surface area contributed by atoms with Gasteiger partial charge in [0.25, 0.3) is 0 Å². The molecule has 0 fully saturated rings. The van der Waals surface area contributed by atoms with Crippen LogP contribution in [0.3, 0.4) is 0 Å². The lowest BCUT2D eigenvalue weighted by Gasteiger charge is -2.08. The van der Waals surface area contributed by atoms with Crippen molar-refractivity contribution in [3.05, 3.63) is 53.6 Å². The third-order valence-electron chi connectivity index (χ3n) is 3.39. The van der Waals surface area contributed by atoms with E-state index >= 15 is 0 Å². The highest BCUT2D eigenvalue weighted by Crippen LogP contribution is 2.33. The Kier molecular flexibility index (Phi) is 3.66. The topological polar surface area (TPSA) is 65.7 Å². The van der Waals surface area contributed by atoms with Crippen molar-refractivity contribution in [2.45, 2.75) is 6.61 Å². The molecule has 4 rings (SSSR count). The van der Waals surface area contributed by atoms with E-state index in [0.29, 0.717) is 23.7 Å². The highest BCUT2D eigenvalue weighted by atomic mass is 32.1. The van der Waals surface area contributed by atoms with Gasteiger partial charge in [-0.2, -0.15) is 0 Å². The number of ether oxygens (including phenoxy) is 1. The summed E-state index contributed by atoms with van der Waals surface area (Å²) in [5, 5.41) is 9.83. The molecule has 0 aliphatic heterocycles. The Morgan fingerprint density at radius 2 is 2.17 bits per heavy atom. The maximum atomic E-state index is 13.5. The van der Waals surface area contributed by atoms with Crippen LogP contribution in [0.1, 0.15) is 5.69 Å². The minimum absolute atomic E-state index is 0.293. The molecule has 0 saturated heterocycles. The summed E-state index contributed by atoms with van der Waals surface area (Å²) < 4.78 is 21.9. The minimum Gasteiger partial charge on any atom is -0.486 e. The fourth-order valence-corrected chi connectivity index (χ4v) is 3.12. The van der Waals surface area contributed by atoms with Gasteiger partial charge >= 0.3 is 0 Å². The van der Waals surface area contributed by atoms with Crippen LogP contribution in [0.5, 0.6) is 5.75 Å². The van der Waals surface area contributed by atoms with Gasteiger partial charge in [-0.3, -0.25) is 9.67 Å². The Morgan fingerprint density at radius 1 is 1.25 bits per heavy atom. The second kappa shape index (κ2) is 5.97. The van der Waals surface area contributed by atoms with E-state index < -0.39 is 0 Å². The molecule has 4 aromatic rings. The second-order valence-electron chi connectivity index (χ2n) is 5.17. The first-order valence-corrected chi connectivity index (χ1v) is 8.05. The largest absolute Gasteiger partial charge is 0.486 e. The second-order valence-corrected chi connectivity index (χ2v) is 6.09. The predicted octanol–water partition coefficient (Wildman–Crippen LogP) is 3.20. The standard InChI is InChI=1S/C16H12FN5OS/c1-22-8-11(20-21-22)9-23-15-7-14(13-6-10(17)2-4-18-13)19-12-3-5-24-16(12)15/h2-8H,9H2,1H3. The van der Waals surface area contributed by atoms with E-state index in [1.54, 1.807) is 24.0 Å². The van der Waals surface area contributed by atoms with Gasteiger partial charge < -0.3 is 4.74 Å². The van der Waals surface area contributed by atoms with Gasteiger partial charge in [0, 0.05) is 25.4 Å². The zero-order chi connectivity index (χ0) is 16.5. The summed E-state index contributed by atoms with van der Waals surface area (Å²) >= 11 is 1.54. The zero-order valence-electron chi connectivity index (χ0n) is 12.7. The van der Waals surface area contributed by atoms with Crippen LogP contribution in [0, 0.1) is 5.82 Å². The quantitative estimate of drug-likeness (QED) is 0.570. The lowest BCUT2D eigenvalue weighted by atomic mass is 10.2. The summed E-state index contributed by atoms with van der Waals surface area (Å²) in [5.41, 5.74) is 2.55. The molecule has 0 spiro atoms. The number of hydrogen-bond acceptors (Lipinski definition) is 6. The van der Waals surface area contributed by atoms with E-state index in [0.717, 1.165) is 15.9 Å². The van der Waals surface area contributed by atoms with Gasteiger partial charge in [0.2, 0.25) is 0 Å². The van der Waals surface area contributed by atoms with E-state index in [2.05, 4.69) is 20.3 Å². The van der Waals surface area contributed by atoms with Crippen molar-refractivity contribution in [1.29, 1.82) is 0 Å². The zero-order valence-corrected chi connectivity index (χ0v) is 13.5. The Labute approximate surface area is 140 Å². The molecule has 0 saturated carbocycles. The van der Waals surface area contributed by atoms with Gasteiger partial charge in [-0.25, -0.2) is 9.37 Å². The lowest BCUT2D eigenvalue weighted by Crippen LogP contribution is -1.98. The molecular weight excluding hydrogens is 329 g/mol. The number of thiophene rings is 1. The molecule has 0 unspecified atom stereocenters. The molecule has 0 radical (unpaired) electrons. The molecular formula is C16H12FN5OS. The van der Waals surface area contributed by atoms with Crippen LogP contribution >= 0.6 is 11.3 Å². The van der Waals surface area contributed by atoms with Gasteiger partial charge in [-0.1, -0.05) is 5.21 Å². The van der Waals surface area contributed by atoms with Crippen molar-refractivity contribution in [3.63, 3.8) is 0 Å². The van der Waals surface area contributed by atoms with E-state index in [-0.39, 0.29) is 5.82 Å². The number of pyridine rings is 2. The first-order valence-electron chi connectivity index (χ1n) is 7.17. The SMILES string of the molecule is Cn1cc(COc2cc(-c3cc(F)ccn3)nc3ccsc23)nn1. The van der Waals surface area contributed by atoms with Crippen LogP contribution in [-0.2, 0) is 13.7 Å². The number of rotatable bonds is 4. The Hall–Kier alpha value is -2.87. The minimum atomic E-state index is -0.353. The van der Waals surface area contributed by atoms with Crippen molar-refractivity contribution in [3.8, 4) is 17.1 Å². The Bertz CT molecular complexity index is 1010. The van der Waals surface area contributed by atoms with Gasteiger partial charge in [0.05, 0.1) is 27.8 Å². The van der Waals surface area contributed by atoms with Crippen molar-refractivity contribution < 1.29 is 9.13 Å². The highest BCUT2D eigenvalue weighted by molar-refractivity contribution is 7.17. The van der Waals surface area contributed by atoms with Gasteiger partial charge in [-0.05, 0) is 17.5 Å². The molecule has 120 valence electrons. The van der Waals surface area contributed by atoms with Crippen LogP contribution in [0.15, 0.2) is 42.0 Å². The Balaban J connectivity index is 1.72. The number of halogens is 1. The number of aryl methyl sites for hydroxylation is 1. The summed E-state index contributed by atoms with van der Waals surface area (Å²) in [6.45, 7) is 0.293. The molecule has 24 heavy (non-hydrogen) atoms.